The molecule has 1 atom stereocenters. The van der Waals surface area contributed by atoms with E-state index in [1.807, 2.05) is 24.7 Å². The maximum atomic E-state index is 12.1. The van der Waals surface area contributed by atoms with Gasteiger partial charge >= 0.3 is 5.97 Å². The number of hydrogen-bond acceptors (Lipinski definition) is 4. The van der Waals surface area contributed by atoms with Crippen LogP contribution >= 0.6 is 0 Å². The quantitative estimate of drug-likeness (QED) is 0.786. The number of methoxy groups -OCH3 is 1. The van der Waals surface area contributed by atoms with Crippen LogP contribution in [-0.2, 0) is 23.0 Å². The second-order valence-corrected chi connectivity index (χ2v) is 5.20. The largest absolute Gasteiger partial charge is 0.469 e. The van der Waals surface area contributed by atoms with E-state index in [2.05, 4.69) is 5.10 Å². The molecule has 2 N–H and O–H groups in total. The highest BCUT2D eigenvalue weighted by Crippen LogP contribution is 2.47. The van der Waals surface area contributed by atoms with Crippen molar-refractivity contribution in [1.29, 1.82) is 0 Å². The van der Waals surface area contributed by atoms with Crippen molar-refractivity contribution < 1.29 is 9.53 Å². The SMILES string of the molecule is COC(=O)C(CN)(Cc1cc(C)nn1C)C1CC1. The molecule has 1 unspecified atom stereocenters. The van der Waals surface area contributed by atoms with Crippen LogP contribution in [0, 0.1) is 18.3 Å². The molecule has 0 amide bonds. The standard InChI is InChI=1S/C13H21N3O2/c1-9-6-11(16(2)15-9)7-13(8-14,10-4-5-10)12(17)18-3/h6,10H,4-5,7-8,14H2,1-3H3. The first-order valence-electron chi connectivity index (χ1n) is 6.31. The Labute approximate surface area is 107 Å². The van der Waals surface area contributed by atoms with Crippen LogP contribution in [0.3, 0.4) is 0 Å². The minimum Gasteiger partial charge on any atom is -0.469 e. The molecule has 1 aliphatic rings. The van der Waals surface area contributed by atoms with Crippen molar-refractivity contribution in [3.8, 4) is 0 Å². The van der Waals surface area contributed by atoms with Gasteiger partial charge in [0.2, 0.25) is 0 Å². The van der Waals surface area contributed by atoms with Gasteiger partial charge in [0.15, 0.2) is 0 Å². The number of nitrogens with two attached hydrogens (primary N) is 1. The maximum Gasteiger partial charge on any atom is 0.313 e. The molecule has 1 saturated carbocycles. The van der Waals surface area contributed by atoms with E-state index in [-0.39, 0.29) is 5.97 Å². The Hall–Kier alpha value is -1.36. The van der Waals surface area contributed by atoms with Crippen molar-refractivity contribution >= 4 is 5.97 Å². The Bertz CT molecular complexity index is 451. The fourth-order valence-electron chi connectivity index (χ4n) is 2.70. The Morgan fingerprint density at radius 1 is 1.67 bits per heavy atom. The molecule has 18 heavy (non-hydrogen) atoms. The Morgan fingerprint density at radius 3 is 2.72 bits per heavy atom. The number of aryl methyl sites for hydroxylation is 2. The van der Waals surface area contributed by atoms with Crippen LogP contribution in [0.2, 0.25) is 0 Å². The predicted octanol–water partition coefficient (Wildman–Crippen LogP) is 0.799. The van der Waals surface area contributed by atoms with Crippen molar-refractivity contribution in [2.45, 2.75) is 26.2 Å². The number of hydrogen-bond donors (Lipinski definition) is 1. The van der Waals surface area contributed by atoms with E-state index in [0.29, 0.717) is 18.9 Å². The Balaban J connectivity index is 2.30. The summed E-state index contributed by atoms with van der Waals surface area (Å²) in [6, 6.07) is 2.01. The van der Waals surface area contributed by atoms with Crippen LogP contribution in [0.15, 0.2) is 6.07 Å². The smallest absolute Gasteiger partial charge is 0.313 e. The number of rotatable bonds is 5. The molecular formula is C13H21N3O2. The van der Waals surface area contributed by atoms with E-state index in [1.165, 1.54) is 7.11 Å². The second kappa shape index (κ2) is 4.72. The van der Waals surface area contributed by atoms with Gasteiger partial charge in [-0.25, -0.2) is 0 Å². The topological polar surface area (TPSA) is 70.1 Å². The van der Waals surface area contributed by atoms with E-state index in [1.54, 1.807) is 0 Å². The summed E-state index contributed by atoms with van der Waals surface area (Å²) in [5.74, 6) is 0.163. The number of aromatic nitrogens is 2. The molecule has 0 bridgehead atoms. The van der Waals surface area contributed by atoms with Crippen LogP contribution in [0.4, 0.5) is 0 Å². The van der Waals surface area contributed by atoms with Gasteiger partial charge in [0.1, 0.15) is 0 Å². The van der Waals surface area contributed by atoms with Crippen LogP contribution < -0.4 is 5.73 Å². The van der Waals surface area contributed by atoms with E-state index < -0.39 is 5.41 Å². The fraction of sp³-hybridized carbons (Fsp3) is 0.692. The summed E-state index contributed by atoms with van der Waals surface area (Å²) in [5.41, 5.74) is 7.32. The number of nitrogens with zero attached hydrogens (tertiary/aromatic N) is 2. The molecule has 1 aromatic heterocycles. The summed E-state index contributed by atoms with van der Waals surface area (Å²) in [5, 5.41) is 4.32. The second-order valence-electron chi connectivity index (χ2n) is 5.20. The van der Waals surface area contributed by atoms with Gasteiger partial charge in [-0.2, -0.15) is 5.10 Å². The van der Waals surface area contributed by atoms with Gasteiger partial charge in [0.05, 0.1) is 18.2 Å². The van der Waals surface area contributed by atoms with E-state index in [9.17, 15) is 4.79 Å². The van der Waals surface area contributed by atoms with Gasteiger partial charge in [0, 0.05) is 25.7 Å². The molecule has 1 heterocycles. The van der Waals surface area contributed by atoms with E-state index in [0.717, 1.165) is 24.2 Å². The summed E-state index contributed by atoms with van der Waals surface area (Å²) in [6.07, 6.45) is 2.73. The predicted molar refractivity (Wildman–Crippen MR) is 67.9 cm³/mol. The summed E-state index contributed by atoms with van der Waals surface area (Å²) in [7, 11) is 3.33. The molecule has 0 saturated heterocycles. The first-order valence-corrected chi connectivity index (χ1v) is 6.31. The minimum atomic E-state index is -0.574. The van der Waals surface area contributed by atoms with E-state index >= 15 is 0 Å². The molecule has 1 fully saturated rings. The molecule has 1 aromatic rings. The van der Waals surface area contributed by atoms with Gasteiger partial charge in [0.25, 0.3) is 0 Å². The molecule has 0 aromatic carbocycles. The zero-order chi connectivity index (χ0) is 13.3. The van der Waals surface area contributed by atoms with Gasteiger partial charge in [-0.1, -0.05) is 0 Å². The molecule has 5 nitrogen and oxygen atoms in total. The zero-order valence-electron chi connectivity index (χ0n) is 11.3. The highest BCUT2D eigenvalue weighted by Gasteiger charge is 2.51. The van der Waals surface area contributed by atoms with Gasteiger partial charge < -0.3 is 10.5 Å². The lowest BCUT2D eigenvalue weighted by molar-refractivity contribution is -0.153. The minimum absolute atomic E-state index is 0.189. The third-order valence-electron chi connectivity index (χ3n) is 3.91. The Kier molecular flexibility index (Phi) is 3.43. The fourth-order valence-corrected chi connectivity index (χ4v) is 2.70. The number of carbonyl (C=O) groups excluding carboxylic acids is 1. The van der Waals surface area contributed by atoms with Crippen molar-refractivity contribution in [2.24, 2.45) is 24.1 Å². The van der Waals surface area contributed by atoms with Gasteiger partial charge in [-0.05, 0) is 31.7 Å². The highest BCUT2D eigenvalue weighted by molar-refractivity contribution is 5.78. The van der Waals surface area contributed by atoms with Crippen molar-refractivity contribution in [1.82, 2.24) is 9.78 Å². The molecule has 5 heteroatoms. The average molecular weight is 251 g/mol. The molecule has 0 aliphatic heterocycles. The number of carbonyl (C=O) groups is 1. The lowest BCUT2D eigenvalue weighted by Gasteiger charge is -2.29. The van der Waals surface area contributed by atoms with Crippen LogP contribution in [0.1, 0.15) is 24.2 Å². The normalized spacial score (nSPS) is 18.4. The molecule has 0 radical (unpaired) electrons. The maximum absolute atomic E-state index is 12.1. The van der Waals surface area contributed by atoms with Gasteiger partial charge in [-0.15, -0.1) is 0 Å². The van der Waals surface area contributed by atoms with Crippen LogP contribution in [0.25, 0.3) is 0 Å². The van der Waals surface area contributed by atoms with Gasteiger partial charge in [-0.3, -0.25) is 9.48 Å². The number of esters is 1. The average Bonchev–Trinajstić information content (AvgIpc) is 3.13. The summed E-state index contributed by atoms with van der Waals surface area (Å²) in [6.45, 7) is 2.28. The molecular weight excluding hydrogens is 230 g/mol. The molecule has 1 aliphatic carbocycles. The third-order valence-corrected chi connectivity index (χ3v) is 3.91. The monoisotopic (exact) mass is 251 g/mol. The van der Waals surface area contributed by atoms with Crippen molar-refractivity contribution in [3.05, 3.63) is 17.5 Å². The molecule has 2 rings (SSSR count). The Morgan fingerprint density at radius 2 is 2.33 bits per heavy atom. The lowest BCUT2D eigenvalue weighted by Crippen LogP contribution is -2.44. The summed E-state index contributed by atoms with van der Waals surface area (Å²) in [4.78, 5) is 12.1. The first-order chi connectivity index (χ1) is 8.53. The number of ether oxygens (including phenoxy) is 1. The molecule has 100 valence electrons. The van der Waals surface area contributed by atoms with Crippen molar-refractivity contribution in [3.63, 3.8) is 0 Å². The first kappa shape index (κ1) is 13.1. The lowest BCUT2D eigenvalue weighted by atomic mass is 9.78. The summed E-state index contributed by atoms with van der Waals surface area (Å²) >= 11 is 0. The summed E-state index contributed by atoms with van der Waals surface area (Å²) < 4.78 is 6.80. The zero-order valence-corrected chi connectivity index (χ0v) is 11.3. The van der Waals surface area contributed by atoms with Crippen LogP contribution in [0.5, 0.6) is 0 Å². The highest BCUT2D eigenvalue weighted by atomic mass is 16.5. The third kappa shape index (κ3) is 2.14. The van der Waals surface area contributed by atoms with Crippen LogP contribution in [-0.4, -0.2) is 29.4 Å². The van der Waals surface area contributed by atoms with E-state index in [4.69, 9.17) is 10.5 Å². The van der Waals surface area contributed by atoms with Crippen molar-refractivity contribution in [2.75, 3.05) is 13.7 Å². The molecule has 0 spiro atoms.